The summed E-state index contributed by atoms with van der Waals surface area (Å²) >= 11 is 6.22. The van der Waals surface area contributed by atoms with E-state index in [-0.39, 0.29) is 0 Å². The minimum Gasteiger partial charge on any atom is -0.495 e. The van der Waals surface area contributed by atoms with Crippen molar-refractivity contribution in [2.75, 3.05) is 12.4 Å². The number of hydrogen-bond acceptors (Lipinski definition) is 5. The van der Waals surface area contributed by atoms with Crippen molar-refractivity contribution < 1.29 is 4.74 Å². The van der Waals surface area contributed by atoms with Crippen LogP contribution in [0.4, 0.5) is 11.5 Å². The van der Waals surface area contributed by atoms with Crippen molar-refractivity contribution >= 4 is 34.0 Å². The number of aromatic nitrogens is 2. The molecule has 0 atom stereocenters. The van der Waals surface area contributed by atoms with Crippen LogP contribution >= 0.6 is 11.6 Å². The van der Waals surface area contributed by atoms with Gasteiger partial charge in [0.05, 0.1) is 29.3 Å². The summed E-state index contributed by atoms with van der Waals surface area (Å²) in [6.07, 6.45) is 1.52. The van der Waals surface area contributed by atoms with Gasteiger partial charge in [0, 0.05) is 11.1 Å². The van der Waals surface area contributed by atoms with Crippen molar-refractivity contribution in [3.8, 4) is 22.9 Å². The van der Waals surface area contributed by atoms with E-state index in [9.17, 15) is 0 Å². The van der Waals surface area contributed by atoms with E-state index in [0.29, 0.717) is 22.2 Å². The molecular formula is C22H15ClN4O. The van der Waals surface area contributed by atoms with Gasteiger partial charge < -0.3 is 10.1 Å². The number of benzene rings is 3. The van der Waals surface area contributed by atoms with Gasteiger partial charge >= 0.3 is 0 Å². The van der Waals surface area contributed by atoms with Gasteiger partial charge in [0.25, 0.3) is 0 Å². The first-order valence-corrected chi connectivity index (χ1v) is 8.91. The highest BCUT2D eigenvalue weighted by Gasteiger charge is 2.09. The minimum atomic E-state index is 0.514. The van der Waals surface area contributed by atoms with Gasteiger partial charge in [-0.3, -0.25) is 0 Å². The summed E-state index contributed by atoms with van der Waals surface area (Å²) in [5, 5.41) is 13.8. The van der Waals surface area contributed by atoms with E-state index < -0.39 is 0 Å². The van der Waals surface area contributed by atoms with Crippen LogP contribution in [0.2, 0.25) is 5.02 Å². The molecule has 0 spiro atoms. The molecule has 0 saturated heterocycles. The molecule has 0 fully saturated rings. The normalized spacial score (nSPS) is 10.5. The molecule has 0 saturated carbocycles. The highest BCUT2D eigenvalue weighted by Crippen LogP contribution is 2.31. The van der Waals surface area contributed by atoms with Crippen molar-refractivity contribution in [2.45, 2.75) is 0 Å². The predicted molar refractivity (Wildman–Crippen MR) is 111 cm³/mol. The molecule has 136 valence electrons. The Morgan fingerprint density at radius 3 is 2.64 bits per heavy atom. The monoisotopic (exact) mass is 386 g/mol. The van der Waals surface area contributed by atoms with E-state index in [4.69, 9.17) is 21.6 Å². The highest BCUT2D eigenvalue weighted by molar-refractivity contribution is 6.32. The minimum absolute atomic E-state index is 0.514. The predicted octanol–water partition coefficient (Wildman–Crippen LogP) is 5.57. The number of fused-ring (bicyclic) bond motifs is 1. The number of hydrogen-bond donors (Lipinski definition) is 1. The molecule has 0 aliphatic carbocycles. The van der Waals surface area contributed by atoms with E-state index in [1.54, 1.807) is 25.3 Å². The van der Waals surface area contributed by atoms with Gasteiger partial charge in [-0.15, -0.1) is 0 Å². The van der Waals surface area contributed by atoms with E-state index in [1.165, 1.54) is 6.33 Å². The molecule has 3 aromatic carbocycles. The zero-order valence-corrected chi connectivity index (χ0v) is 15.7. The number of methoxy groups -OCH3 is 1. The first-order chi connectivity index (χ1) is 13.7. The fraction of sp³-hybridized carbons (Fsp3) is 0.0455. The Morgan fingerprint density at radius 1 is 1.00 bits per heavy atom. The van der Waals surface area contributed by atoms with Crippen molar-refractivity contribution in [1.82, 2.24) is 9.97 Å². The lowest BCUT2D eigenvalue weighted by atomic mass is 10.0. The third kappa shape index (κ3) is 3.46. The maximum absolute atomic E-state index is 9.15. The fourth-order valence-electron chi connectivity index (χ4n) is 2.98. The highest BCUT2D eigenvalue weighted by atomic mass is 35.5. The van der Waals surface area contributed by atoms with E-state index in [2.05, 4.69) is 21.4 Å². The number of anilines is 2. The third-order valence-electron chi connectivity index (χ3n) is 4.37. The molecule has 0 amide bonds. The maximum Gasteiger partial charge on any atom is 0.141 e. The molecule has 0 unspecified atom stereocenters. The molecule has 0 radical (unpaired) electrons. The SMILES string of the molecule is COc1ccc(Nc2ncnc3ccc(-c4cccc(C#N)c4)cc23)cc1Cl. The summed E-state index contributed by atoms with van der Waals surface area (Å²) in [4.78, 5) is 8.74. The number of rotatable bonds is 4. The zero-order chi connectivity index (χ0) is 19.5. The quantitative estimate of drug-likeness (QED) is 0.496. The molecule has 0 bridgehead atoms. The number of nitrogens with one attached hydrogen (secondary N) is 1. The lowest BCUT2D eigenvalue weighted by Crippen LogP contribution is -1.97. The van der Waals surface area contributed by atoms with Crippen LogP contribution in [-0.4, -0.2) is 17.1 Å². The topological polar surface area (TPSA) is 70.8 Å². The first-order valence-electron chi connectivity index (χ1n) is 8.54. The molecule has 6 heteroatoms. The van der Waals surface area contributed by atoms with Crippen molar-refractivity contribution in [1.29, 1.82) is 5.26 Å². The molecule has 4 rings (SSSR count). The molecule has 28 heavy (non-hydrogen) atoms. The summed E-state index contributed by atoms with van der Waals surface area (Å²) in [7, 11) is 1.58. The zero-order valence-electron chi connectivity index (χ0n) is 15.0. The van der Waals surface area contributed by atoms with Crippen LogP contribution in [0.25, 0.3) is 22.0 Å². The van der Waals surface area contributed by atoms with Gasteiger partial charge in [-0.2, -0.15) is 5.26 Å². The van der Waals surface area contributed by atoms with Gasteiger partial charge in [-0.1, -0.05) is 29.8 Å². The van der Waals surface area contributed by atoms with Gasteiger partial charge in [0.1, 0.15) is 17.9 Å². The van der Waals surface area contributed by atoms with Gasteiger partial charge in [-0.05, 0) is 53.6 Å². The largest absolute Gasteiger partial charge is 0.495 e. The third-order valence-corrected chi connectivity index (χ3v) is 4.67. The Balaban J connectivity index is 1.76. The molecule has 1 heterocycles. The molecule has 5 nitrogen and oxygen atoms in total. The van der Waals surface area contributed by atoms with Crippen LogP contribution in [0.15, 0.2) is 67.0 Å². The average molecular weight is 387 g/mol. The number of ether oxygens (including phenoxy) is 1. The molecule has 0 aliphatic heterocycles. The van der Waals surface area contributed by atoms with Crippen LogP contribution in [0, 0.1) is 11.3 Å². The Labute approximate surface area is 167 Å². The van der Waals surface area contributed by atoms with Gasteiger partial charge in [0.15, 0.2) is 0 Å². The summed E-state index contributed by atoms with van der Waals surface area (Å²) in [6.45, 7) is 0. The van der Waals surface area contributed by atoms with Crippen molar-refractivity contribution in [3.05, 3.63) is 77.6 Å². The summed E-state index contributed by atoms with van der Waals surface area (Å²) in [6, 6.07) is 21.1. The Kier molecular flexibility index (Phi) is 4.79. The Bertz CT molecular complexity index is 1220. The Hall–Kier alpha value is -3.62. The van der Waals surface area contributed by atoms with Crippen molar-refractivity contribution in [3.63, 3.8) is 0 Å². The fourth-order valence-corrected chi connectivity index (χ4v) is 3.24. The van der Waals surface area contributed by atoms with E-state index in [1.807, 2.05) is 42.5 Å². The van der Waals surface area contributed by atoms with E-state index >= 15 is 0 Å². The second-order valence-corrected chi connectivity index (χ2v) is 6.53. The number of nitrogens with zero attached hydrogens (tertiary/aromatic N) is 3. The second kappa shape index (κ2) is 7.55. The standard InChI is InChI=1S/C22H15ClN4O/c1-28-21-8-6-17(11-19(21)23)27-22-18-10-16(5-7-20(18)25-13-26-22)15-4-2-3-14(9-15)12-24/h2-11,13H,1H3,(H,25,26,27). The number of nitriles is 1. The second-order valence-electron chi connectivity index (χ2n) is 6.12. The molecule has 1 aromatic heterocycles. The Morgan fingerprint density at radius 2 is 1.86 bits per heavy atom. The molecule has 4 aromatic rings. The van der Waals surface area contributed by atoms with Crippen molar-refractivity contribution in [2.24, 2.45) is 0 Å². The smallest absolute Gasteiger partial charge is 0.141 e. The van der Waals surface area contributed by atoms with Gasteiger partial charge in [-0.25, -0.2) is 9.97 Å². The summed E-state index contributed by atoms with van der Waals surface area (Å²) in [5.41, 5.74) is 4.17. The summed E-state index contributed by atoms with van der Waals surface area (Å²) in [5.74, 6) is 1.28. The lowest BCUT2D eigenvalue weighted by Gasteiger charge is -2.11. The molecule has 1 N–H and O–H groups in total. The van der Waals surface area contributed by atoms with Crippen LogP contribution in [0.1, 0.15) is 5.56 Å². The first kappa shape index (κ1) is 17.8. The van der Waals surface area contributed by atoms with Crippen LogP contribution < -0.4 is 10.1 Å². The lowest BCUT2D eigenvalue weighted by molar-refractivity contribution is 0.415. The molecule has 0 aliphatic rings. The number of halogens is 1. The maximum atomic E-state index is 9.15. The van der Waals surface area contributed by atoms with Crippen LogP contribution in [-0.2, 0) is 0 Å². The molecular weight excluding hydrogens is 372 g/mol. The van der Waals surface area contributed by atoms with E-state index in [0.717, 1.165) is 27.7 Å². The average Bonchev–Trinajstić information content (AvgIpc) is 2.74. The van der Waals surface area contributed by atoms with Gasteiger partial charge in [0.2, 0.25) is 0 Å². The summed E-state index contributed by atoms with van der Waals surface area (Å²) < 4.78 is 5.20. The van der Waals surface area contributed by atoms with Crippen LogP contribution in [0.3, 0.4) is 0 Å². The van der Waals surface area contributed by atoms with Crippen LogP contribution in [0.5, 0.6) is 5.75 Å².